The third-order valence-corrected chi connectivity index (χ3v) is 9.15. The number of ether oxygens (including phenoxy) is 4. The molecule has 9 heteroatoms. The Balaban J connectivity index is 1.11. The molecule has 36 heavy (non-hydrogen) atoms. The highest BCUT2D eigenvalue weighted by Crippen LogP contribution is 2.59. The van der Waals surface area contributed by atoms with Crippen molar-refractivity contribution in [2.45, 2.75) is 94.7 Å². The summed E-state index contributed by atoms with van der Waals surface area (Å²) >= 11 is 0. The Morgan fingerprint density at radius 3 is 2.47 bits per heavy atom. The molecule has 204 valence electrons. The lowest BCUT2D eigenvalue weighted by atomic mass is 9.68. The van der Waals surface area contributed by atoms with Crippen molar-refractivity contribution in [1.29, 1.82) is 0 Å². The molecule has 5 aliphatic rings. The van der Waals surface area contributed by atoms with E-state index in [0.717, 1.165) is 25.8 Å². The minimum atomic E-state index is -2.51. The summed E-state index contributed by atoms with van der Waals surface area (Å²) in [6.45, 7) is 10.1. The number of nitrogens with zero attached hydrogens (tertiary/aromatic N) is 2. The number of hydrogen-bond donors (Lipinski definition) is 0. The zero-order valence-corrected chi connectivity index (χ0v) is 22.1. The molecule has 0 aromatic rings. The second-order valence-electron chi connectivity index (χ2n) is 12.1. The minimum Gasteiger partial charge on any atom is -0.443 e. The van der Waals surface area contributed by atoms with Crippen molar-refractivity contribution in [3.63, 3.8) is 0 Å². The highest BCUT2D eigenvalue weighted by Gasteiger charge is 2.72. The second kappa shape index (κ2) is 9.79. The topological polar surface area (TPSA) is 67.1 Å². The van der Waals surface area contributed by atoms with Gasteiger partial charge in [-0.2, -0.15) is 0 Å². The average Bonchev–Trinajstić information content (AvgIpc) is 3.70. The molecule has 5 rings (SSSR count). The third-order valence-electron chi connectivity index (χ3n) is 9.15. The van der Waals surface area contributed by atoms with Gasteiger partial charge in [-0.05, 0) is 58.9 Å². The molecule has 4 heterocycles. The highest BCUT2D eigenvalue weighted by molar-refractivity contribution is 5.69. The van der Waals surface area contributed by atoms with Crippen molar-refractivity contribution in [3.8, 4) is 0 Å². The molecule has 0 aromatic heterocycles. The molecule has 1 unspecified atom stereocenters. The standard InChI is InChI=1S/C27H42F2N2O5/c1-18(2)5-6-21-25(3,36-21)23-22(33-4)20(7-9-26(23)17-34-26)35-24(32)31-15-19(16-31)8-12-30-13-10-27(28,29)11-14-30/h5,19-23H,6-17H2,1-4H3/t20-,21-,22-,23?,25+,26+/m1/s1. The summed E-state index contributed by atoms with van der Waals surface area (Å²) in [7, 11) is 1.69. The van der Waals surface area contributed by atoms with Crippen LogP contribution < -0.4 is 0 Å². The van der Waals surface area contributed by atoms with Crippen molar-refractivity contribution >= 4 is 6.09 Å². The summed E-state index contributed by atoms with van der Waals surface area (Å²) in [5.41, 5.74) is 0.682. The number of halogens is 2. The van der Waals surface area contributed by atoms with Gasteiger partial charge in [0.1, 0.15) is 23.4 Å². The van der Waals surface area contributed by atoms with Crippen LogP contribution >= 0.6 is 0 Å². The van der Waals surface area contributed by atoms with Gasteiger partial charge in [0.2, 0.25) is 0 Å². The highest BCUT2D eigenvalue weighted by atomic mass is 19.3. The molecule has 1 saturated carbocycles. The van der Waals surface area contributed by atoms with Gasteiger partial charge in [0.15, 0.2) is 0 Å². The molecule has 0 bridgehead atoms. The third kappa shape index (κ3) is 5.31. The van der Waals surface area contributed by atoms with Gasteiger partial charge in [-0.3, -0.25) is 0 Å². The Labute approximate surface area is 213 Å². The number of epoxide rings is 2. The number of allylic oxidation sites excluding steroid dienone is 1. The van der Waals surface area contributed by atoms with Gasteiger partial charge in [0.25, 0.3) is 5.92 Å². The molecule has 4 aliphatic heterocycles. The Bertz CT molecular complexity index is 845. The number of alkyl halides is 2. The molecule has 7 nitrogen and oxygen atoms in total. The fourth-order valence-corrected chi connectivity index (χ4v) is 6.64. The Hall–Kier alpha value is -1.29. The summed E-state index contributed by atoms with van der Waals surface area (Å²) in [5.74, 6) is -2.10. The van der Waals surface area contributed by atoms with Crippen LogP contribution in [0.2, 0.25) is 0 Å². The first-order chi connectivity index (χ1) is 17.1. The fraction of sp³-hybridized carbons (Fsp3) is 0.889. The lowest BCUT2D eigenvalue weighted by molar-refractivity contribution is -0.124. The quantitative estimate of drug-likeness (QED) is 0.358. The van der Waals surface area contributed by atoms with Gasteiger partial charge in [0.05, 0.1) is 18.6 Å². The Morgan fingerprint density at radius 1 is 1.17 bits per heavy atom. The molecule has 4 saturated heterocycles. The van der Waals surface area contributed by atoms with Crippen LogP contribution in [0, 0.1) is 11.8 Å². The van der Waals surface area contributed by atoms with Crippen LogP contribution in [0.15, 0.2) is 11.6 Å². The fourth-order valence-electron chi connectivity index (χ4n) is 6.64. The maximum Gasteiger partial charge on any atom is 0.410 e. The number of rotatable bonds is 8. The summed E-state index contributed by atoms with van der Waals surface area (Å²) in [6, 6.07) is 0. The van der Waals surface area contributed by atoms with E-state index < -0.39 is 5.92 Å². The van der Waals surface area contributed by atoms with E-state index in [1.54, 1.807) is 12.0 Å². The smallest absolute Gasteiger partial charge is 0.410 e. The summed E-state index contributed by atoms with van der Waals surface area (Å²) < 4.78 is 50.9. The lowest BCUT2D eigenvalue weighted by Gasteiger charge is -2.45. The monoisotopic (exact) mass is 512 g/mol. The molecule has 1 amide bonds. The van der Waals surface area contributed by atoms with E-state index in [2.05, 4.69) is 31.7 Å². The predicted octanol–water partition coefficient (Wildman–Crippen LogP) is 4.25. The van der Waals surface area contributed by atoms with Gasteiger partial charge >= 0.3 is 6.09 Å². The van der Waals surface area contributed by atoms with Crippen LogP contribution in [0.1, 0.15) is 59.3 Å². The maximum atomic E-state index is 13.4. The zero-order chi connectivity index (χ0) is 25.7. The second-order valence-corrected chi connectivity index (χ2v) is 12.1. The van der Waals surface area contributed by atoms with Gasteiger partial charge < -0.3 is 28.7 Å². The van der Waals surface area contributed by atoms with Crippen molar-refractivity contribution in [3.05, 3.63) is 11.6 Å². The number of carbonyl (C=O) groups is 1. The molecule has 6 atom stereocenters. The SMILES string of the molecule is CO[C@H]1C([C@@]2(C)O[C@@H]2CC=C(C)C)[C@]2(CC[C@H]1OC(=O)N1CC(CCN3CCC(F)(F)CC3)C1)CO2. The Morgan fingerprint density at radius 2 is 1.86 bits per heavy atom. The number of hydrogen-bond acceptors (Lipinski definition) is 6. The molecule has 1 aliphatic carbocycles. The van der Waals surface area contributed by atoms with E-state index in [1.807, 2.05) is 0 Å². The Kier molecular flexibility index (Phi) is 7.16. The van der Waals surface area contributed by atoms with Gasteiger partial charge in [-0.25, -0.2) is 13.6 Å². The van der Waals surface area contributed by atoms with Crippen LogP contribution in [0.5, 0.6) is 0 Å². The van der Waals surface area contributed by atoms with Gasteiger partial charge in [-0.1, -0.05) is 11.6 Å². The van der Waals surface area contributed by atoms with E-state index in [4.69, 9.17) is 18.9 Å². The molecular formula is C27H42F2N2O5. The number of carbonyl (C=O) groups excluding carboxylic acids is 1. The van der Waals surface area contributed by atoms with E-state index >= 15 is 0 Å². The first-order valence-corrected chi connectivity index (χ1v) is 13.6. The van der Waals surface area contributed by atoms with Crippen LogP contribution in [-0.4, -0.2) is 97.8 Å². The van der Waals surface area contributed by atoms with E-state index in [9.17, 15) is 13.6 Å². The molecule has 0 radical (unpaired) electrons. The molecule has 0 N–H and O–H groups in total. The normalized spacial score (nSPS) is 40.0. The first-order valence-electron chi connectivity index (χ1n) is 13.6. The molecule has 0 aromatic carbocycles. The van der Waals surface area contributed by atoms with Crippen molar-refractivity contribution in [1.82, 2.24) is 9.80 Å². The largest absolute Gasteiger partial charge is 0.443 e. The van der Waals surface area contributed by atoms with Gasteiger partial charge in [0, 0.05) is 46.1 Å². The van der Waals surface area contributed by atoms with E-state index in [0.29, 0.717) is 45.1 Å². The first kappa shape index (κ1) is 26.3. The molecule has 5 fully saturated rings. The van der Waals surface area contributed by atoms with E-state index in [1.165, 1.54) is 5.57 Å². The van der Waals surface area contributed by atoms with Crippen molar-refractivity contribution in [2.75, 3.05) is 46.4 Å². The summed E-state index contributed by atoms with van der Waals surface area (Å²) in [6.07, 6.45) is 4.66. The number of amides is 1. The maximum absolute atomic E-state index is 13.4. The minimum absolute atomic E-state index is 0.0122. The van der Waals surface area contributed by atoms with Crippen LogP contribution in [0.4, 0.5) is 13.6 Å². The summed E-state index contributed by atoms with van der Waals surface area (Å²) in [5, 5.41) is 0. The number of likely N-dealkylation sites (tertiary alicyclic amines) is 2. The molecule has 1 spiro atoms. The van der Waals surface area contributed by atoms with Crippen LogP contribution in [0.3, 0.4) is 0 Å². The van der Waals surface area contributed by atoms with Crippen molar-refractivity contribution in [2.24, 2.45) is 11.8 Å². The van der Waals surface area contributed by atoms with E-state index in [-0.39, 0.29) is 54.4 Å². The van der Waals surface area contributed by atoms with Gasteiger partial charge in [-0.15, -0.1) is 0 Å². The van der Waals surface area contributed by atoms with Crippen molar-refractivity contribution < 1.29 is 32.5 Å². The zero-order valence-electron chi connectivity index (χ0n) is 22.1. The number of piperidine rings is 1. The van der Waals surface area contributed by atoms with Crippen LogP contribution in [-0.2, 0) is 18.9 Å². The lowest BCUT2D eigenvalue weighted by Crippen LogP contribution is -2.57. The summed E-state index contributed by atoms with van der Waals surface area (Å²) in [4.78, 5) is 16.8. The predicted molar refractivity (Wildman–Crippen MR) is 130 cm³/mol. The number of methoxy groups -OCH3 is 1. The molecular weight excluding hydrogens is 470 g/mol. The average molecular weight is 513 g/mol. The van der Waals surface area contributed by atoms with Crippen LogP contribution in [0.25, 0.3) is 0 Å².